The molecule has 0 radical (unpaired) electrons. The maximum atomic E-state index is 15.3. The van der Waals surface area contributed by atoms with Crippen LogP contribution in [0.3, 0.4) is 0 Å². The number of nitrogens with zero attached hydrogens (tertiary/aromatic N) is 3. The van der Waals surface area contributed by atoms with Crippen molar-refractivity contribution in [2.24, 2.45) is 0 Å². The Morgan fingerprint density at radius 3 is 2.93 bits per heavy atom. The normalized spacial score (nSPS) is 17.2. The molecule has 0 aliphatic carbocycles. The summed E-state index contributed by atoms with van der Waals surface area (Å²) in [4.78, 5) is 2.25. The monoisotopic (exact) mass is 375 g/mol. The fourth-order valence-electron chi connectivity index (χ4n) is 4.03. The van der Waals surface area contributed by atoms with Gasteiger partial charge in [-0.15, -0.1) is 11.3 Å². The maximum absolute atomic E-state index is 15.3. The van der Waals surface area contributed by atoms with Gasteiger partial charge in [-0.05, 0) is 71.4 Å². The third kappa shape index (κ3) is 2.93. The van der Waals surface area contributed by atoms with Crippen LogP contribution in [-0.4, -0.2) is 28.7 Å². The van der Waals surface area contributed by atoms with Gasteiger partial charge >= 0.3 is 0 Å². The lowest BCUT2D eigenvalue weighted by molar-refractivity contribution is 0.291. The fraction of sp³-hybridized carbons (Fsp3) is 0.182. The minimum atomic E-state index is -0.156. The predicted molar refractivity (Wildman–Crippen MR) is 107 cm³/mol. The Labute approximate surface area is 161 Å². The van der Waals surface area contributed by atoms with Crippen molar-refractivity contribution in [1.29, 1.82) is 0 Å². The van der Waals surface area contributed by atoms with E-state index in [0.717, 1.165) is 29.8 Å². The van der Waals surface area contributed by atoms with Crippen LogP contribution >= 0.6 is 11.3 Å². The minimum Gasteiger partial charge on any atom is -0.301 e. The van der Waals surface area contributed by atoms with Crippen LogP contribution in [0.25, 0.3) is 21.3 Å². The van der Waals surface area contributed by atoms with E-state index >= 15 is 4.39 Å². The molecule has 1 aliphatic heterocycles. The summed E-state index contributed by atoms with van der Waals surface area (Å²) in [7, 11) is 2.09. The second-order valence-corrected chi connectivity index (χ2v) is 8.05. The molecular weight excluding hydrogens is 357 g/mol. The molecule has 3 nitrogen and oxygen atoms in total. The van der Waals surface area contributed by atoms with Crippen molar-refractivity contribution in [3.05, 3.63) is 82.6 Å². The molecule has 1 atom stereocenters. The molecule has 2 aromatic heterocycles. The topological polar surface area (TPSA) is 29.0 Å². The van der Waals surface area contributed by atoms with Crippen LogP contribution in [0.15, 0.2) is 60.1 Å². The Balaban J connectivity index is 1.64. The largest absolute Gasteiger partial charge is 0.301 e. The van der Waals surface area contributed by atoms with Gasteiger partial charge in [-0.1, -0.05) is 6.07 Å². The van der Waals surface area contributed by atoms with E-state index in [2.05, 4.69) is 57.9 Å². The fourth-order valence-corrected chi connectivity index (χ4v) is 4.80. The summed E-state index contributed by atoms with van der Waals surface area (Å²) in [5.41, 5.74) is 4.49. The first kappa shape index (κ1) is 16.5. The van der Waals surface area contributed by atoms with E-state index in [-0.39, 0.29) is 11.7 Å². The molecule has 0 bridgehead atoms. The Bertz CT molecular complexity index is 1120. The zero-order valence-electron chi connectivity index (χ0n) is 14.9. The summed E-state index contributed by atoms with van der Waals surface area (Å²) < 4.78 is 16.5. The standard InChI is InChI=1S/C22H18FN3S/c1-26-12-17-10-16(20-3-2-7-24-25-20)11-19(23)22(17)18(13-26)14-4-5-21-15(9-14)6-8-27-21/h2-11,18H,12-13H2,1H3. The van der Waals surface area contributed by atoms with Crippen molar-refractivity contribution in [2.75, 3.05) is 13.6 Å². The highest BCUT2D eigenvalue weighted by Gasteiger charge is 2.29. The van der Waals surface area contributed by atoms with Gasteiger partial charge in [0, 0.05) is 41.0 Å². The van der Waals surface area contributed by atoms with Gasteiger partial charge in [0.15, 0.2) is 0 Å². The number of likely N-dealkylation sites (N-methyl/N-ethyl adjacent to an activating group) is 1. The number of rotatable bonds is 2. The molecule has 27 heavy (non-hydrogen) atoms. The summed E-state index contributed by atoms with van der Waals surface area (Å²) in [6, 6.07) is 16.0. The maximum Gasteiger partial charge on any atom is 0.128 e. The molecule has 0 saturated carbocycles. The number of hydrogen-bond donors (Lipinski definition) is 0. The number of thiophene rings is 1. The third-order valence-corrected chi connectivity index (χ3v) is 6.14. The first-order valence-electron chi connectivity index (χ1n) is 8.95. The molecule has 5 rings (SSSR count). The number of fused-ring (bicyclic) bond motifs is 2. The molecule has 3 heterocycles. The summed E-state index contributed by atoms with van der Waals surface area (Å²) in [5.74, 6) is -0.129. The molecule has 134 valence electrons. The lowest BCUT2D eigenvalue weighted by Crippen LogP contribution is -2.31. The van der Waals surface area contributed by atoms with Gasteiger partial charge in [0.05, 0.1) is 5.69 Å². The molecule has 1 aliphatic rings. The zero-order chi connectivity index (χ0) is 18.4. The Hall–Kier alpha value is -2.63. The van der Waals surface area contributed by atoms with Crippen LogP contribution < -0.4 is 0 Å². The van der Waals surface area contributed by atoms with Gasteiger partial charge in [0.2, 0.25) is 0 Å². The average Bonchev–Trinajstić information content (AvgIpc) is 3.15. The van der Waals surface area contributed by atoms with Crippen molar-refractivity contribution in [1.82, 2.24) is 15.1 Å². The second kappa shape index (κ2) is 6.51. The van der Waals surface area contributed by atoms with E-state index in [9.17, 15) is 0 Å². The smallest absolute Gasteiger partial charge is 0.128 e. The Morgan fingerprint density at radius 2 is 2.07 bits per heavy atom. The first-order chi connectivity index (χ1) is 13.2. The summed E-state index contributed by atoms with van der Waals surface area (Å²) in [6.07, 6.45) is 1.63. The van der Waals surface area contributed by atoms with Crippen LogP contribution in [-0.2, 0) is 6.54 Å². The number of halogens is 1. The molecule has 0 saturated heterocycles. The van der Waals surface area contributed by atoms with Crippen LogP contribution in [0.1, 0.15) is 22.6 Å². The highest BCUT2D eigenvalue weighted by Crippen LogP contribution is 2.38. The zero-order valence-corrected chi connectivity index (χ0v) is 15.7. The number of benzene rings is 2. The molecule has 0 fully saturated rings. The second-order valence-electron chi connectivity index (χ2n) is 7.11. The highest BCUT2D eigenvalue weighted by atomic mass is 32.1. The number of hydrogen-bond acceptors (Lipinski definition) is 4. The van der Waals surface area contributed by atoms with Gasteiger partial charge in [-0.2, -0.15) is 10.2 Å². The van der Waals surface area contributed by atoms with Gasteiger partial charge in [0.1, 0.15) is 5.82 Å². The van der Waals surface area contributed by atoms with Crippen molar-refractivity contribution in [2.45, 2.75) is 12.5 Å². The minimum absolute atomic E-state index is 0.0268. The van der Waals surface area contributed by atoms with Crippen molar-refractivity contribution >= 4 is 21.4 Å². The lowest BCUT2D eigenvalue weighted by atomic mass is 9.83. The molecule has 0 spiro atoms. The van der Waals surface area contributed by atoms with E-state index in [1.807, 2.05) is 12.1 Å². The average molecular weight is 375 g/mol. The highest BCUT2D eigenvalue weighted by molar-refractivity contribution is 7.17. The van der Waals surface area contributed by atoms with E-state index < -0.39 is 0 Å². The van der Waals surface area contributed by atoms with Crippen LogP contribution in [0.2, 0.25) is 0 Å². The van der Waals surface area contributed by atoms with Crippen LogP contribution in [0, 0.1) is 5.82 Å². The molecule has 0 amide bonds. The summed E-state index contributed by atoms with van der Waals surface area (Å²) >= 11 is 1.73. The van der Waals surface area contributed by atoms with Crippen LogP contribution in [0.5, 0.6) is 0 Å². The molecule has 4 aromatic rings. The van der Waals surface area contributed by atoms with E-state index in [1.165, 1.54) is 15.6 Å². The quantitative estimate of drug-likeness (QED) is 0.489. The van der Waals surface area contributed by atoms with E-state index in [1.54, 1.807) is 23.6 Å². The van der Waals surface area contributed by atoms with Crippen molar-refractivity contribution in [3.63, 3.8) is 0 Å². The first-order valence-corrected chi connectivity index (χ1v) is 9.83. The molecule has 2 aromatic carbocycles. The lowest BCUT2D eigenvalue weighted by Gasteiger charge is -2.33. The van der Waals surface area contributed by atoms with Crippen molar-refractivity contribution in [3.8, 4) is 11.3 Å². The Morgan fingerprint density at radius 1 is 1.15 bits per heavy atom. The van der Waals surface area contributed by atoms with Gasteiger partial charge < -0.3 is 4.90 Å². The van der Waals surface area contributed by atoms with Gasteiger partial charge in [-0.3, -0.25) is 0 Å². The number of aromatic nitrogens is 2. The molecule has 1 unspecified atom stereocenters. The molecule has 5 heteroatoms. The van der Waals surface area contributed by atoms with E-state index in [4.69, 9.17) is 0 Å². The molecule has 0 N–H and O–H groups in total. The van der Waals surface area contributed by atoms with E-state index in [0.29, 0.717) is 5.69 Å². The molecular formula is C22H18FN3S. The third-order valence-electron chi connectivity index (χ3n) is 5.25. The van der Waals surface area contributed by atoms with Gasteiger partial charge in [-0.25, -0.2) is 4.39 Å². The van der Waals surface area contributed by atoms with Gasteiger partial charge in [0.25, 0.3) is 0 Å². The predicted octanol–water partition coefficient (Wildman–Crippen LogP) is 5.07. The van der Waals surface area contributed by atoms with Crippen molar-refractivity contribution < 1.29 is 4.39 Å². The Kier molecular flexibility index (Phi) is 3.99. The van der Waals surface area contributed by atoms with Crippen LogP contribution in [0.4, 0.5) is 4.39 Å². The summed E-state index contributed by atoms with van der Waals surface area (Å²) in [6.45, 7) is 1.54. The summed E-state index contributed by atoms with van der Waals surface area (Å²) in [5, 5.41) is 11.4. The SMILES string of the molecule is CN1Cc2cc(-c3cccnn3)cc(F)c2C(c2ccc3sccc3c2)C1.